The molecule has 0 saturated heterocycles. The minimum absolute atomic E-state index is 0.121. The molecule has 98 valence electrons. The molecular formula is C13H10BrNO4. The molecule has 2 aromatic rings. The Bertz CT molecular complexity index is 601. The smallest absolute Gasteiger partial charge is 0.354 e. The average molecular weight is 324 g/mol. The van der Waals surface area contributed by atoms with Crippen molar-refractivity contribution in [2.24, 2.45) is 0 Å². The number of ether oxygens (including phenoxy) is 2. The van der Waals surface area contributed by atoms with Gasteiger partial charge in [-0.05, 0) is 40.2 Å². The predicted octanol–water partition coefficient (Wildman–Crippen LogP) is 4.16. The van der Waals surface area contributed by atoms with E-state index in [4.69, 9.17) is 9.47 Å². The van der Waals surface area contributed by atoms with Crippen LogP contribution in [0.25, 0.3) is 0 Å². The number of benzene rings is 2. The van der Waals surface area contributed by atoms with Gasteiger partial charge in [-0.25, -0.2) is 0 Å². The fourth-order valence-corrected chi connectivity index (χ4v) is 1.97. The fourth-order valence-electron chi connectivity index (χ4n) is 1.57. The van der Waals surface area contributed by atoms with Gasteiger partial charge >= 0.3 is 5.69 Å². The lowest BCUT2D eigenvalue weighted by molar-refractivity contribution is -0.386. The molecule has 0 heterocycles. The molecule has 2 aromatic carbocycles. The maximum Gasteiger partial charge on any atom is 0.354 e. The molecule has 0 aliphatic heterocycles. The van der Waals surface area contributed by atoms with E-state index in [-0.39, 0.29) is 17.2 Å². The molecule has 0 spiro atoms. The minimum Gasteiger partial charge on any atom is -0.490 e. The van der Waals surface area contributed by atoms with Crippen LogP contribution in [0.5, 0.6) is 17.2 Å². The van der Waals surface area contributed by atoms with Crippen LogP contribution in [-0.4, -0.2) is 12.0 Å². The van der Waals surface area contributed by atoms with E-state index in [1.165, 1.54) is 13.2 Å². The second kappa shape index (κ2) is 5.71. The molecule has 0 unspecified atom stereocenters. The normalized spacial score (nSPS) is 10.0. The molecule has 0 bridgehead atoms. The lowest BCUT2D eigenvalue weighted by Gasteiger charge is -2.10. The van der Waals surface area contributed by atoms with Crippen LogP contribution in [-0.2, 0) is 0 Å². The molecule has 0 atom stereocenters. The first-order valence-electron chi connectivity index (χ1n) is 5.37. The number of nitro groups is 1. The summed E-state index contributed by atoms with van der Waals surface area (Å²) < 4.78 is 11.1. The van der Waals surface area contributed by atoms with E-state index in [9.17, 15) is 10.1 Å². The van der Waals surface area contributed by atoms with Gasteiger partial charge in [-0.2, -0.15) is 0 Å². The van der Waals surface area contributed by atoms with E-state index < -0.39 is 4.92 Å². The Balaban J connectivity index is 2.52. The summed E-state index contributed by atoms with van der Waals surface area (Å²) in [5, 5.41) is 11.2. The summed E-state index contributed by atoms with van der Waals surface area (Å²) in [5.74, 6) is 0.786. The molecule has 0 aliphatic rings. The molecule has 0 radical (unpaired) electrons. The Hall–Kier alpha value is -2.08. The van der Waals surface area contributed by atoms with Crippen molar-refractivity contribution in [2.45, 2.75) is 0 Å². The third-order valence-corrected chi connectivity index (χ3v) is 3.04. The van der Waals surface area contributed by atoms with Crippen molar-refractivity contribution >= 4 is 21.6 Å². The van der Waals surface area contributed by atoms with E-state index in [0.717, 1.165) is 0 Å². The van der Waals surface area contributed by atoms with Crippen molar-refractivity contribution in [3.63, 3.8) is 0 Å². The highest BCUT2D eigenvalue weighted by Crippen LogP contribution is 2.44. The maximum absolute atomic E-state index is 11.2. The Labute approximate surface area is 118 Å². The van der Waals surface area contributed by atoms with Crippen molar-refractivity contribution in [1.29, 1.82) is 0 Å². The second-order valence-corrected chi connectivity index (χ2v) is 4.45. The standard InChI is InChI=1S/C13H10BrNO4/c1-18-11-8-7-10(14)13(12(11)15(16)17)19-9-5-3-2-4-6-9/h2-8H,1H3. The van der Waals surface area contributed by atoms with Gasteiger partial charge in [0.15, 0.2) is 0 Å². The Kier molecular flexibility index (Phi) is 4.01. The van der Waals surface area contributed by atoms with Crippen LogP contribution in [0, 0.1) is 10.1 Å². The number of nitrogens with zero attached hydrogens (tertiary/aromatic N) is 1. The first kappa shape index (κ1) is 13.4. The Morgan fingerprint density at radius 2 is 1.84 bits per heavy atom. The molecule has 0 aliphatic carbocycles. The van der Waals surface area contributed by atoms with Gasteiger partial charge < -0.3 is 9.47 Å². The first-order valence-corrected chi connectivity index (χ1v) is 6.16. The van der Waals surface area contributed by atoms with Crippen LogP contribution < -0.4 is 9.47 Å². The molecule has 5 nitrogen and oxygen atoms in total. The van der Waals surface area contributed by atoms with Gasteiger partial charge in [0.2, 0.25) is 11.5 Å². The molecule has 19 heavy (non-hydrogen) atoms. The lowest BCUT2D eigenvalue weighted by atomic mass is 10.2. The van der Waals surface area contributed by atoms with Gasteiger partial charge in [-0.3, -0.25) is 10.1 Å². The van der Waals surface area contributed by atoms with Crippen molar-refractivity contribution in [3.8, 4) is 17.2 Å². The second-order valence-electron chi connectivity index (χ2n) is 3.60. The van der Waals surface area contributed by atoms with E-state index in [2.05, 4.69) is 15.9 Å². The summed E-state index contributed by atoms with van der Waals surface area (Å²) in [5.41, 5.74) is -0.208. The van der Waals surface area contributed by atoms with Gasteiger partial charge in [0.05, 0.1) is 16.5 Å². The van der Waals surface area contributed by atoms with Crippen LogP contribution >= 0.6 is 15.9 Å². The highest BCUT2D eigenvalue weighted by atomic mass is 79.9. The van der Waals surface area contributed by atoms with E-state index in [1.807, 2.05) is 6.07 Å². The summed E-state index contributed by atoms with van der Waals surface area (Å²) in [4.78, 5) is 10.6. The zero-order chi connectivity index (χ0) is 13.8. The molecule has 6 heteroatoms. The molecule has 2 rings (SSSR count). The van der Waals surface area contributed by atoms with Gasteiger partial charge in [-0.15, -0.1) is 0 Å². The van der Waals surface area contributed by atoms with Gasteiger partial charge in [-0.1, -0.05) is 18.2 Å². The number of hydrogen-bond donors (Lipinski definition) is 0. The highest BCUT2D eigenvalue weighted by molar-refractivity contribution is 9.10. The molecule has 0 amide bonds. The minimum atomic E-state index is -0.526. The van der Waals surface area contributed by atoms with E-state index in [0.29, 0.717) is 10.2 Å². The maximum atomic E-state index is 11.2. The topological polar surface area (TPSA) is 61.6 Å². The largest absolute Gasteiger partial charge is 0.490 e. The summed E-state index contributed by atoms with van der Waals surface area (Å²) in [6.07, 6.45) is 0. The predicted molar refractivity (Wildman–Crippen MR) is 73.9 cm³/mol. The molecule has 0 N–H and O–H groups in total. The van der Waals surface area contributed by atoms with Crippen LogP contribution in [0.4, 0.5) is 5.69 Å². The SMILES string of the molecule is COc1ccc(Br)c(Oc2ccccc2)c1[N+](=O)[O-]. The van der Waals surface area contributed by atoms with Crippen molar-refractivity contribution < 1.29 is 14.4 Å². The number of methoxy groups -OCH3 is 1. The highest BCUT2D eigenvalue weighted by Gasteiger charge is 2.25. The lowest BCUT2D eigenvalue weighted by Crippen LogP contribution is -1.98. The number of rotatable bonds is 4. The zero-order valence-corrected chi connectivity index (χ0v) is 11.6. The van der Waals surface area contributed by atoms with Crippen molar-refractivity contribution in [3.05, 3.63) is 57.1 Å². The number of nitro benzene ring substituents is 1. The van der Waals surface area contributed by atoms with Crippen molar-refractivity contribution in [1.82, 2.24) is 0 Å². The third-order valence-electron chi connectivity index (χ3n) is 2.41. The fraction of sp³-hybridized carbons (Fsp3) is 0.0769. The van der Waals surface area contributed by atoms with Crippen molar-refractivity contribution in [2.75, 3.05) is 7.11 Å². The third kappa shape index (κ3) is 2.85. The summed E-state index contributed by atoms with van der Waals surface area (Å²) in [7, 11) is 1.38. The van der Waals surface area contributed by atoms with Gasteiger partial charge in [0.25, 0.3) is 0 Å². The summed E-state index contributed by atoms with van der Waals surface area (Å²) in [6, 6.07) is 12.0. The molecular weight excluding hydrogens is 314 g/mol. The first-order chi connectivity index (χ1) is 9.13. The van der Waals surface area contributed by atoms with Crippen LogP contribution in [0.3, 0.4) is 0 Å². The van der Waals surface area contributed by atoms with E-state index >= 15 is 0 Å². The number of hydrogen-bond acceptors (Lipinski definition) is 4. The quantitative estimate of drug-likeness (QED) is 0.626. The van der Waals surface area contributed by atoms with Crippen LogP contribution in [0.15, 0.2) is 46.9 Å². The molecule has 0 fully saturated rings. The van der Waals surface area contributed by atoms with Crippen LogP contribution in [0.1, 0.15) is 0 Å². The average Bonchev–Trinajstić information content (AvgIpc) is 2.41. The monoisotopic (exact) mass is 323 g/mol. The van der Waals surface area contributed by atoms with Gasteiger partial charge in [0.1, 0.15) is 5.75 Å². The molecule has 0 saturated carbocycles. The van der Waals surface area contributed by atoms with Gasteiger partial charge in [0, 0.05) is 0 Å². The Morgan fingerprint density at radius 3 is 2.42 bits per heavy atom. The van der Waals surface area contributed by atoms with E-state index in [1.54, 1.807) is 30.3 Å². The summed E-state index contributed by atoms with van der Waals surface area (Å²) >= 11 is 3.25. The zero-order valence-electron chi connectivity index (χ0n) is 10.00. The van der Waals surface area contributed by atoms with Crippen LogP contribution in [0.2, 0.25) is 0 Å². The summed E-state index contributed by atoms with van der Waals surface area (Å²) in [6.45, 7) is 0. The Morgan fingerprint density at radius 1 is 1.16 bits per heavy atom. The number of para-hydroxylation sites is 1. The molecule has 0 aromatic heterocycles. The number of halogens is 1.